The van der Waals surface area contributed by atoms with E-state index in [4.69, 9.17) is 5.73 Å². The van der Waals surface area contributed by atoms with Crippen LogP contribution in [0, 0.1) is 5.82 Å². The van der Waals surface area contributed by atoms with E-state index in [9.17, 15) is 9.18 Å². The molecule has 0 spiro atoms. The number of aryl methyl sites for hydroxylation is 1. The minimum Gasteiger partial charge on any atom is -0.363 e. The highest BCUT2D eigenvalue weighted by Crippen LogP contribution is 2.11. The molecule has 2 N–H and O–H groups in total. The number of carbonyl (C=O) groups is 1. The topological polar surface area (TPSA) is 91.6 Å². The van der Waals surface area contributed by atoms with Gasteiger partial charge in [0.25, 0.3) is 5.91 Å². The largest absolute Gasteiger partial charge is 0.363 e. The molecule has 2 aromatic heterocycles. The standard InChI is InChI=1S/C16H17FN6O/c1-2-3-14-19-16(15(18)24)21-23(14)10-12-8-9-22(20-12)13-6-4-11(17)5-7-13/h4-9H,2-3,10H2,1H3,(H2,18,24). The summed E-state index contributed by atoms with van der Waals surface area (Å²) in [5, 5.41) is 8.60. The lowest BCUT2D eigenvalue weighted by molar-refractivity contribution is 0.0990. The third-order valence-electron chi connectivity index (χ3n) is 3.49. The molecule has 0 aliphatic rings. The number of rotatable bonds is 6. The van der Waals surface area contributed by atoms with Crippen molar-refractivity contribution in [2.24, 2.45) is 5.73 Å². The summed E-state index contributed by atoms with van der Waals surface area (Å²) in [6.45, 7) is 2.40. The van der Waals surface area contributed by atoms with Crippen molar-refractivity contribution in [3.8, 4) is 5.69 Å². The van der Waals surface area contributed by atoms with Gasteiger partial charge in [-0.25, -0.2) is 18.7 Å². The van der Waals surface area contributed by atoms with Crippen molar-refractivity contribution in [3.63, 3.8) is 0 Å². The molecule has 1 amide bonds. The predicted octanol–water partition coefficient (Wildman–Crippen LogP) is 1.70. The first-order chi connectivity index (χ1) is 11.6. The monoisotopic (exact) mass is 328 g/mol. The van der Waals surface area contributed by atoms with Gasteiger partial charge in [-0.15, -0.1) is 5.10 Å². The number of carbonyl (C=O) groups excluding carboxylic acids is 1. The molecule has 3 rings (SSSR count). The number of hydrogen-bond acceptors (Lipinski definition) is 4. The van der Waals surface area contributed by atoms with Crippen LogP contribution in [0.3, 0.4) is 0 Å². The number of nitrogens with zero attached hydrogens (tertiary/aromatic N) is 5. The van der Waals surface area contributed by atoms with Crippen LogP contribution in [0.25, 0.3) is 5.69 Å². The molecule has 1 aromatic carbocycles. The molecular weight excluding hydrogens is 311 g/mol. The van der Waals surface area contributed by atoms with Crippen LogP contribution in [-0.4, -0.2) is 30.5 Å². The molecule has 0 bridgehead atoms. The zero-order chi connectivity index (χ0) is 17.1. The third-order valence-corrected chi connectivity index (χ3v) is 3.49. The molecule has 0 aliphatic heterocycles. The van der Waals surface area contributed by atoms with Crippen LogP contribution in [0.4, 0.5) is 4.39 Å². The summed E-state index contributed by atoms with van der Waals surface area (Å²) in [5.74, 6) is -0.237. The smallest absolute Gasteiger partial charge is 0.288 e. The third kappa shape index (κ3) is 3.32. The fourth-order valence-electron chi connectivity index (χ4n) is 2.35. The summed E-state index contributed by atoms with van der Waals surface area (Å²) in [6, 6.07) is 7.90. The van der Waals surface area contributed by atoms with E-state index in [1.54, 1.807) is 27.7 Å². The fraction of sp³-hybridized carbons (Fsp3) is 0.250. The molecule has 0 atom stereocenters. The van der Waals surface area contributed by atoms with Gasteiger partial charge in [0.1, 0.15) is 11.6 Å². The summed E-state index contributed by atoms with van der Waals surface area (Å²) < 4.78 is 16.3. The number of hydrogen-bond donors (Lipinski definition) is 1. The lowest BCUT2D eigenvalue weighted by Gasteiger charge is -2.03. The second-order valence-corrected chi connectivity index (χ2v) is 5.35. The summed E-state index contributed by atoms with van der Waals surface area (Å²) in [6.07, 6.45) is 3.36. The van der Waals surface area contributed by atoms with Gasteiger partial charge in [-0.2, -0.15) is 5.10 Å². The lowest BCUT2D eigenvalue weighted by atomic mass is 10.3. The highest BCUT2D eigenvalue weighted by molar-refractivity contribution is 5.88. The van der Waals surface area contributed by atoms with Gasteiger partial charge in [-0.05, 0) is 36.8 Å². The zero-order valence-electron chi connectivity index (χ0n) is 13.2. The molecule has 7 nitrogen and oxygen atoms in total. The Labute approximate surface area is 137 Å². The van der Waals surface area contributed by atoms with E-state index in [1.807, 2.05) is 13.0 Å². The van der Waals surface area contributed by atoms with Crippen LogP contribution >= 0.6 is 0 Å². The van der Waals surface area contributed by atoms with Crippen LogP contribution in [0.1, 0.15) is 35.5 Å². The average molecular weight is 328 g/mol. The summed E-state index contributed by atoms with van der Waals surface area (Å²) in [7, 11) is 0. The summed E-state index contributed by atoms with van der Waals surface area (Å²) in [5.41, 5.74) is 6.76. The first-order valence-electron chi connectivity index (χ1n) is 7.61. The van der Waals surface area contributed by atoms with Gasteiger partial charge in [0.05, 0.1) is 17.9 Å². The number of benzene rings is 1. The molecule has 24 heavy (non-hydrogen) atoms. The molecule has 124 valence electrons. The SMILES string of the molecule is CCCc1nc(C(N)=O)nn1Cc1ccn(-c2ccc(F)cc2)n1. The molecule has 0 unspecified atom stereocenters. The van der Waals surface area contributed by atoms with Gasteiger partial charge in [-0.1, -0.05) is 6.92 Å². The average Bonchev–Trinajstić information content (AvgIpc) is 3.17. The van der Waals surface area contributed by atoms with E-state index in [1.165, 1.54) is 12.1 Å². The minimum atomic E-state index is -0.650. The van der Waals surface area contributed by atoms with Crippen LogP contribution < -0.4 is 5.73 Å². The number of amides is 1. The quantitative estimate of drug-likeness (QED) is 0.745. The normalized spacial score (nSPS) is 10.9. The molecule has 0 radical (unpaired) electrons. The molecule has 0 saturated carbocycles. The minimum absolute atomic E-state index is 0.0106. The number of aromatic nitrogens is 5. The van der Waals surface area contributed by atoms with E-state index in [2.05, 4.69) is 15.2 Å². The van der Waals surface area contributed by atoms with Crippen molar-refractivity contribution in [1.82, 2.24) is 24.5 Å². The van der Waals surface area contributed by atoms with Gasteiger partial charge < -0.3 is 5.73 Å². The van der Waals surface area contributed by atoms with Crippen molar-refractivity contribution in [3.05, 3.63) is 59.7 Å². The predicted molar refractivity (Wildman–Crippen MR) is 85.2 cm³/mol. The molecular formula is C16H17FN6O. The Bertz CT molecular complexity index is 852. The van der Waals surface area contributed by atoms with E-state index < -0.39 is 5.91 Å². The van der Waals surface area contributed by atoms with Gasteiger partial charge in [0.2, 0.25) is 5.82 Å². The van der Waals surface area contributed by atoms with E-state index >= 15 is 0 Å². The van der Waals surface area contributed by atoms with E-state index in [0.29, 0.717) is 18.8 Å². The van der Waals surface area contributed by atoms with Gasteiger partial charge in [0, 0.05) is 12.6 Å². The van der Waals surface area contributed by atoms with Gasteiger partial charge in [-0.3, -0.25) is 4.79 Å². The number of nitrogens with two attached hydrogens (primary N) is 1. The molecule has 8 heteroatoms. The van der Waals surface area contributed by atoms with Crippen molar-refractivity contribution in [2.75, 3.05) is 0 Å². The molecule has 3 aromatic rings. The number of halogens is 1. The molecule has 0 saturated heterocycles. The van der Waals surface area contributed by atoms with Crippen LogP contribution in [0.5, 0.6) is 0 Å². The Morgan fingerprint density at radius 2 is 1.96 bits per heavy atom. The lowest BCUT2D eigenvalue weighted by Crippen LogP contribution is -2.14. The maximum Gasteiger partial charge on any atom is 0.288 e. The van der Waals surface area contributed by atoms with Crippen molar-refractivity contribution in [1.29, 1.82) is 0 Å². The summed E-state index contributed by atoms with van der Waals surface area (Å²) in [4.78, 5) is 15.4. The zero-order valence-corrected chi connectivity index (χ0v) is 13.2. The highest BCUT2D eigenvalue weighted by Gasteiger charge is 2.14. The Morgan fingerprint density at radius 1 is 1.21 bits per heavy atom. The molecule has 2 heterocycles. The van der Waals surface area contributed by atoms with Crippen molar-refractivity contribution in [2.45, 2.75) is 26.3 Å². The Balaban J connectivity index is 1.84. The molecule has 0 aliphatic carbocycles. The van der Waals surface area contributed by atoms with E-state index in [0.717, 1.165) is 17.8 Å². The van der Waals surface area contributed by atoms with Crippen molar-refractivity contribution >= 4 is 5.91 Å². The Hall–Kier alpha value is -3.03. The second-order valence-electron chi connectivity index (χ2n) is 5.35. The Kier molecular flexibility index (Phi) is 4.37. The summed E-state index contributed by atoms with van der Waals surface area (Å²) >= 11 is 0. The van der Waals surface area contributed by atoms with Gasteiger partial charge >= 0.3 is 0 Å². The van der Waals surface area contributed by atoms with E-state index in [-0.39, 0.29) is 11.6 Å². The Morgan fingerprint density at radius 3 is 2.62 bits per heavy atom. The second kappa shape index (κ2) is 6.61. The molecule has 0 fully saturated rings. The number of primary amides is 1. The maximum atomic E-state index is 13.0. The first kappa shape index (κ1) is 15.9. The van der Waals surface area contributed by atoms with Crippen molar-refractivity contribution < 1.29 is 9.18 Å². The first-order valence-corrected chi connectivity index (χ1v) is 7.61. The highest BCUT2D eigenvalue weighted by atomic mass is 19.1. The fourth-order valence-corrected chi connectivity index (χ4v) is 2.35. The van der Waals surface area contributed by atoms with Crippen LogP contribution in [0.2, 0.25) is 0 Å². The van der Waals surface area contributed by atoms with Crippen LogP contribution in [-0.2, 0) is 13.0 Å². The maximum absolute atomic E-state index is 13.0. The van der Waals surface area contributed by atoms with Crippen LogP contribution in [0.15, 0.2) is 36.5 Å². The van der Waals surface area contributed by atoms with Gasteiger partial charge in [0.15, 0.2) is 0 Å².